The molecule has 3 heterocycles. The largest absolute Gasteiger partial charge is 0.507 e. The molecule has 57 heavy (non-hydrogen) atoms. The Labute approximate surface area is 330 Å². The number of halogens is 2. The molecule has 20 nitrogen and oxygen atoms in total. The first-order valence-corrected chi connectivity index (χ1v) is 19.1. The number of aromatic hydroxyl groups is 3. The molecule has 6 rings (SSSR count). The van der Waals surface area contributed by atoms with Gasteiger partial charge in [-0.3, -0.25) is 28.2 Å². The fraction of sp³-hybridized carbons (Fsp3) is 0.353. The molecule has 0 radical (unpaired) electrons. The van der Waals surface area contributed by atoms with E-state index in [0.29, 0.717) is 10.8 Å². The highest BCUT2D eigenvalue weighted by Gasteiger charge is 2.41. The van der Waals surface area contributed by atoms with E-state index in [4.69, 9.17) is 51.3 Å². The fourth-order valence-corrected chi connectivity index (χ4v) is 7.36. The molecule has 0 spiro atoms. The molecule has 1 aromatic heterocycles. The third-order valence-corrected chi connectivity index (χ3v) is 10.7. The lowest BCUT2D eigenvalue weighted by Crippen LogP contribution is -2.36. The molecular weight excluding hydrogens is 822 g/mol. The average molecular weight is 858 g/mol. The molecule has 4 aromatic rings. The predicted molar refractivity (Wildman–Crippen MR) is 198 cm³/mol. The number of phosphoric acid groups is 1. The number of phosphoric ester groups is 1. The summed E-state index contributed by atoms with van der Waals surface area (Å²) in [5.74, 6) is -2.59. The number of fused-ring (bicyclic) bond motifs is 1. The molecule has 2 aliphatic rings. The highest BCUT2D eigenvalue weighted by Crippen LogP contribution is 2.46. The Morgan fingerprint density at radius 2 is 1.84 bits per heavy atom. The van der Waals surface area contributed by atoms with Gasteiger partial charge in [-0.25, -0.2) is 9.36 Å². The van der Waals surface area contributed by atoms with Crippen LogP contribution in [0, 0.1) is 5.92 Å². The molecule has 3 unspecified atom stereocenters. The van der Waals surface area contributed by atoms with Crippen LogP contribution in [0.25, 0.3) is 10.8 Å². The molecule has 0 aliphatic carbocycles. The number of phenols is 3. The second kappa shape index (κ2) is 17.4. The number of hydrogen-bond donors (Lipinski definition) is 8. The van der Waals surface area contributed by atoms with Crippen LogP contribution in [0.2, 0.25) is 10.0 Å². The van der Waals surface area contributed by atoms with Crippen LogP contribution in [-0.2, 0) is 34.5 Å². The second-order valence-electron chi connectivity index (χ2n) is 12.8. The van der Waals surface area contributed by atoms with Crippen molar-refractivity contribution in [2.45, 2.75) is 50.4 Å². The first kappa shape index (κ1) is 41.9. The third kappa shape index (κ3) is 9.53. The Morgan fingerprint density at radius 1 is 1.09 bits per heavy atom. The highest BCUT2D eigenvalue weighted by atomic mass is 35.5. The summed E-state index contributed by atoms with van der Waals surface area (Å²) in [5, 5.41) is 57.4. The summed E-state index contributed by atoms with van der Waals surface area (Å²) in [6.45, 7) is -1.64. The van der Waals surface area contributed by atoms with Gasteiger partial charge in [0.15, 0.2) is 30.2 Å². The number of carbonyl (C=O) groups is 1. The van der Waals surface area contributed by atoms with Gasteiger partial charge in [0, 0.05) is 42.0 Å². The van der Waals surface area contributed by atoms with Crippen LogP contribution in [0.1, 0.15) is 40.6 Å². The number of rotatable bonds is 14. The van der Waals surface area contributed by atoms with Crippen LogP contribution in [-0.4, -0.2) is 97.2 Å². The number of aliphatic hydroxyl groups is 2. The van der Waals surface area contributed by atoms with E-state index < -0.39 is 87.4 Å². The minimum atomic E-state index is -4.83. The Kier molecular flexibility index (Phi) is 12.8. The van der Waals surface area contributed by atoms with Crippen molar-refractivity contribution >= 4 is 53.9 Å². The number of amides is 1. The van der Waals surface area contributed by atoms with E-state index >= 15 is 0 Å². The van der Waals surface area contributed by atoms with E-state index in [1.807, 2.05) is 0 Å². The first-order chi connectivity index (χ1) is 27.0. The summed E-state index contributed by atoms with van der Waals surface area (Å²) >= 11 is 12.5. The summed E-state index contributed by atoms with van der Waals surface area (Å²) < 4.78 is 39.7. The van der Waals surface area contributed by atoms with Gasteiger partial charge in [-0.1, -0.05) is 40.5 Å². The van der Waals surface area contributed by atoms with Crippen LogP contribution >= 0.6 is 31.0 Å². The molecule has 7 atom stereocenters. The molecule has 306 valence electrons. The molecule has 2 aliphatic heterocycles. The van der Waals surface area contributed by atoms with Crippen LogP contribution in [0.5, 0.6) is 23.0 Å². The SMILES string of the molecule is COc1cc(Cl)c(/C=N/O[C@H]2C[C@H](n3cc(CNC(=O)c4cc5c(O)cccc5cc4O)c(=O)[nH]c3=O)O[C@@H]2COP(=O)(O)OC[C@@H]2CC(O)OC2O)c(Cl)c1O. The molecule has 3 aromatic carbocycles. The number of aromatic nitrogens is 2. The topological polar surface area (TPSA) is 290 Å². The second-order valence-corrected chi connectivity index (χ2v) is 15.0. The number of aromatic amines is 1. The first-order valence-electron chi connectivity index (χ1n) is 16.9. The maximum atomic E-state index is 13.1. The maximum absolute atomic E-state index is 13.1. The molecule has 0 bridgehead atoms. The van der Waals surface area contributed by atoms with E-state index in [1.54, 1.807) is 12.1 Å². The van der Waals surface area contributed by atoms with E-state index in [1.165, 1.54) is 31.4 Å². The summed E-state index contributed by atoms with van der Waals surface area (Å²) in [7, 11) is -3.54. The number of H-pyrrole nitrogens is 1. The molecule has 8 N–H and O–H groups in total. The van der Waals surface area contributed by atoms with Crippen LogP contribution in [0.4, 0.5) is 0 Å². The lowest BCUT2D eigenvalue weighted by Gasteiger charge is -2.20. The molecular formula is C34H35Cl2N4O16P. The Bertz CT molecular complexity index is 2360. The van der Waals surface area contributed by atoms with Crippen molar-refractivity contribution in [1.29, 1.82) is 0 Å². The van der Waals surface area contributed by atoms with Gasteiger partial charge in [-0.2, -0.15) is 0 Å². The number of carbonyl (C=O) groups excluding carboxylic acids is 1. The summed E-state index contributed by atoms with van der Waals surface area (Å²) in [6.07, 6.45) is -4.42. The molecule has 2 fully saturated rings. The monoisotopic (exact) mass is 856 g/mol. The number of hydrogen-bond acceptors (Lipinski definition) is 16. The predicted octanol–water partition coefficient (Wildman–Crippen LogP) is 2.57. The van der Waals surface area contributed by atoms with Gasteiger partial charge in [-0.15, -0.1) is 0 Å². The molecule has 1 amide bonds. The molecule has 0 saturated carbocycles. The van der Waals surface area contributed by atoms with Gasteiger partial charge in [0.2, 0.25) is 0 Å². The van der Waals surface area contributed by atoms with Crippen molar-refractivity contribution in [3.05, 3.63) is 90.2 Å². The van der Waals surface area contributed by atoms with Crippen molar-refractivity contribution in [2.75, 3.05) is 20.3 Å². The minimum Gasteiger partial charge on any atom is -0.507 e. The zero-order valence-corrected chi connectivity index (χ0v) is 31.9. The Balaban J connectivity index is 1.20. The zero-order chi connectivity index (χ0) is 41.2. The van der Waals surface area contributed by atoms with Crippen molar-refractivity contribution in [2.24, 2.45) is 11.1 Å². The highest BCUT2D eigenvalue weighted by molar-refractivity contribution is 7.47. The van der Waals surface area contributed by atoms with Crippen molar-refractivity contribution in [1.82, 2.24) is 14.9 Å². The maximum Gasteiger partial charge on any atom is 0.472 e. The van der Waals surface area contributed by atoms with Crippen LogP contribution in [0.3, 0.4) is 0 Å². The van der Waals surface area contributed by atoms with E-state index in [-0.39, 0.29) is 56.8 Å². The number of methoxy groups -OCH3 is 1. The quantitative estimate of drug-likeness (QED) is 0.0514. The van der Waals surface area contributed by atoms with E-state index in [9.17, 15) is 49.4 Å². The molecule has 23 heteroatoms. The number of benzene rings is 3. The van der Waals surface area contributed by atoms with Crippen molar-refractivity contribution < 1.29 is 67.9 Å². The molecule has 2 saturated heterocycles. The number of nitrogens with zero attached hydrogens (tertiary/aromatic N) is 2. The van der Waals surface area contributed by atoms with Gasteiger partial charge in [-0.05, 0) is 23.6 Å². The number of phenolic OH excluding ortho intramolecular Hbond substituents is 3. The smallest absolute Gasteiger partial charge is 0.472 e. The summed E-state index contributed by atoms with van der Waals surface area (Å²) in [4.78, 5) is 57.1. The number of aliphatic hydroxyl groups excluding tert-OH is 2. The Morgan fingerprint density at radius 3 is 2.56 bits per heavy atom. The zero-order valence-electron chi connectivity index (χ0n) is 29.5. The number of ether oxygens (including phenoxy) is 3. The van der Waals surface area contributed by atoms with E-state index in [2.05, 4.69) is 15.5 Å². The van der Waals surface area contributed by atoms with Gasteiger partial charge >= 0.3 is 13.5 Å². The summed E-state index contributed by atoms with van der Waals surface area (Å²) in [6, 6.07) is 8.46. The van der Waals surface area contributed by atoms with Gasteiger partial charge < -0.3 is 54.8 Å². The normalized spacial score (nSPS) is 23.2. The fourth-order valence-electron chi connectivity index (χ4n) is 6.03. The lowest BCUT2D eigenvalue weighted by atomic mass is 10.0. The Hall–Kier alpha value is -4.73. The minimum absolute atomic E-state index is 0.00786. The summed E-state index contributed by atoms with van der Waals surface area (Å²) in [5.41, 5.74) is -2.07. The third-order valence-electron chi connectivity index (χ3n) is 9.04. The van der Waals surface area contributed by atoms with Gasteiger partial charge in [0.25, 0.3) is 11.5 Å². The van der Waals surface area contributed by atoms with Gasteiger partial charge in [0.05, 0.1) is 54.3 Å². The van der Waals surface area contributed by atoms with Crippen molar-refractivity contribution in [3.8, 4) is 23.0 Å². The number of nitrogens with one attached hydrogen (secondary N) is 2. The van der Waals surface area contributed by atoms with Crippen molar-refractivity contribution in [3.63, 3.8) is 0 Å². The lowest BCUT2D eigenvalue weighted by molar-refractivity contribution is -0.170. The van der Waals surface area contributed by atoms with E-state index in [0.717, 1.165) is 17.0 Å². The van der Waals surface area contributed by atoms with Crippen LogP contribution < -0.4 is 21.3 Å². The standard InChI is InChI=1S/C34H35Cl2N4O16P/c1-51-25-8-21(35)20(29(36)30(25)44)11-38-56-24-9-27(54-26(24)14-53-57(49,50)52-13-16-6-28(43)55-33(16)47)40-12-17(31(45)39-34(40)48)10-37-32(46)19-7-18-15(5-23(19)42)3-2-4-22(18)41/h2-5,7-8,11-12,16,24,26-28,33,41-44,47H,6,9-10,13-14H2,1H3,(H,37,46)(H,49,50)(H,39,45,48)/b38-11+/t16-,24-,26+,27+,28?,33?/m0/s1. The van der Waals surface area contributed by atoms with Crippen LogP contribution in [0.15, 0.2) is 57.3 Å². The number of oxime groups is 1. The van der Waals surface area contributed by atoms with Gasteiger partial charge in [0.1, 0.15) is 23.8 Å². The average Bonchev–Trinajstić information content (AvgIpc) is 3.72.